The molecule has 4 N–H and O–H groups in total. The highest BCUT2D eigenvalue weighted by atomic mass is 16.5. The number of nitrogens with one attached hydrogen (secondary N) is 1. The number of carbonyl (C=O) groups excluding carboxylic acids is 3. The van der Waals surface area contributed by atoms with Crippen LogP contribution in [0.5, 0.6) is 0 Å². The van der Waals surface area contributed by atoms with E-state index >= 15 is 0 Å². The van der Waals surface area contributed by atoms with Crippen molar-refractivity contribution < 1.29 is 29.0 Å². The number of amides is 2. The number of carbonyl (C=O) groups is 4. The second kappa shape index (κ2) is 19.6. The summed E-state index contributed by atoms with van der Waals surface area (Å²) in [6, 6.07) is 8.01. The first kappa shape index (κ1) is 33.7. The van der Waals surface area contributed by atoms with Crippen LogP contribution in [0.1, 0.15) is 120 Å². The van der Waals surface area contributed by atoms with Gasteiger partial charge in [-0.3, -0.25) is 19.4 Å². The average Bonchev–Trinajstić information content (AvgIpc) is 2.94. The van der Waals surface area contributed by atoms with Crippen LogP contribution in [0.25, 0.3) is 10.8 Å². The van der Waals surface area contributed by atoms with E-state index in [0.29, 0.717) is 6.42 Å². The number of ether oxygens (including phenoxy) is 1. The molecule has 0 fully saturated rings. The van der Waals surface area contributed by atoms with Crippen molar-refractivity contribution in [3.63, 3.8) is 0 Å². The molecular formula is C32H47N3O6. The quantitative estimate of drug-likeness (QED) is 0.115. The van der Waals surface area contributed by atoms with Gasteiger partial charge >= 0.3 is 11.9 Å². The Bertz CT molecular complexity index is 1110. The van der Waals surface area contributed by atoms with E-state index in [1.165, 1.54) is 44.9 Å². The second-order valence-corrected chi connectivity index (χ2v) is 10.8. The van der Waals surface area contributed by atoms with Crippen LogP contribution in [0.4, 0.5) is 0 Å². The van der Waals surface area contributed by atoms with E-state index in [2.05, 4.69) is 17.2 Å². The molecule has 0 saturated heterocycles. The molecule has 41 heavy (non-hydrogen) atoms. The zero-order chi connectivity index (χ0) is 29.9. The molecule has 226 valence electrons. The molecule has 2 atom stereocenters. The summed E-state index contributed by atoms with van der Waals surface area (Å²) in [7, 11) is 0. The lowest BCUT2D eigenvalue weighted by atomic mass is 10.0. The number of pyridine rings is 1. The normalized spacial score (nSPS) is 12.5. The Labute approximate surface area is 243 Å². The van der Waals surface area contributed by atoms with Crippen LogP contribution in [0, 0.1) is 0 Å². The summed E-state index contributed by atoms with van der Waals surface area (Å²) in [6.07, 6.45) is 14.3. The fourth-order valence-corrected chi connectivity index (χ4v) is 4.86. The van der Waals surface area contributed by atoms with Crippen molar-refractivity contribution in [2.24, 2.45) is 5.73 Å². The highest BCUT2D eigenvalue weighted by molar-refractivity contribution is 5.98. The topological polar surface area (TPSA) is 149 Å². The second-order valence-electron chi connectivity index (χ2n) is 10.8. The third-order valence-corrected chi connectivity index (χ3v) is 7.18. The zero-order valence-electron chi connectivity index (χ0n) is 24.4. The van der Waals surface area contributed by atoms with E-state index in [4.69, 9.17) is 15.6 Å². The van der Waals surface area contributed by atoms with Crippen LogP contribution in [0.3, 0.4) is 0 Å². The van der Waals surface area contributed by atoms with Gasteiger partial charge in [-0.15, -0.1) is 0 Å². The number of carboxylic acids is 1. The molecule has 9 nitrogen and oxygen atoms in total. The molecule has 0 saturated carbocycles. The molecule has 0 bridgehead atoms. The molecule has 0 radical (unpaired) electrons. The standard InChI is InChI=1S/C32H47N3O6/c1-2-3-4-5-6-7-8-9-10-11-12-18-26(22-29(33)36)41-32(40)27(19-15-20-30(37)38)35-31(39)28-21-24-16-13-14-17-25(24)23-34-28/h13-14,16-17,21,23,26-27H,2-12,15,18-20,22H2,1H3,(H2,33,36)(H,35,39)(H,37,38)/t26-,27-/m0/s1. The monoisotopic (exact) mass is 569 g/mol. The summed E-state index contributed by atoms with van der Waals surface area (Å²) < 4.78 is 5.66. The van der Waals surface area contributed by atoms with Gasteiger partial charge in [0, 0.05) is 18.0 Å². The van der Waals surface area contributed by atoms with E-state index in [-0.39, 0.29) is 31.4 Å². The minimum absolute atomic E-state index is 0.0756. The largest absolute Gasteiger partial charge is 0.481 e. The molecule has 1 aromatic heterocycles. The first-order chi connectivity index (χ1) is 19.8. The molecule has 9 heteroatoms. The molecule has 0 unspecified atom stereocenters. The van der Waals surface area contributed by atoms with Crippen molar-refractivity contribution in [2.45, 2.75) is 122 Å². The van der Waals surface area contributed by atoms with Gasteiger partial charge in [-0.05, 0) is 37.1 Å². The number of aromatic nitrogens is 1. The van der Waals surface area contributed by atoms with Crippen molar-refractivity contribution in [3.05, 3.63) is 42.2 Å². The number of carboxylic acid groups (broad SMARTS) is 1. The van der Waals surface area contributed by atoms with Crippen LogP contribution in [0.15, 0.2) is 36.5 Å². The van der Waals surface area contributed by atoms with Crippen LogP contribution in [0.2, 0.25) is 0 Å². The van der Waals surface area contributed by atoms with Crippen molar-refractivity contribution in [2.75, 3.05) is 0 Å². The molecule has 1 aromatic carbocycles. The van der Waals surface area contributed by atoms with Gasteiger partial charge in [0.05, 0.1) is 6.42 Å². The Kier molecular flexibility index (Phi) is 16.1. The van der Waals surface area contributed by atoms with Crippen molar-refractivity contribution in [1.29, 1.82) is 0 Å². The lowest BCUT2D eigenvalue weighted by Crippen LogP contribution is -2.43. The van der Waals surface area contributed by atoms with Crippen molar-refractivity contribution >= 4 is 34.5 Å². The fourth-order valence-electron chi connectivity index (χ4n) is 4.86. The van der Waals surface area contributed by atoms with E-state index < -0.39 is 35.9 Å². The number of nitrogens with zero attached hydrogens (tertiary/aromatic N) is 1. The summed E-state index contributed by atoms with van der Waals surface area (Å²) in [5, 5.41) is 13.4. The number of hydrogen-bond acceptors (Lipinski definition) is 6. The molecule has 0 aliphatic rings. The Hall–Kier alpha value is -3.49. The van der Waals surface area contributed by atoms with Gasteiger partial charge in [0.25, 0.3) is 5.91 Å². The van der Waals surface area contributed by atoms with Crippen molar-refractivity contribution in [1.82, 2.24) is 10.3 Å². The summed E-state index contributed by atoms with van der Waals surface area (Å²) >= 11 is 0. The Morgan fingerprint density at radius 3 is 2.10 bits per heavy atom. The molecular weight excluding hydrogens is 522 g/mol. The number of fused-ring (bicyclic) bond motifs is 1. The molecule has 2 aromatic rings. The Balaban J connectivity index is 1.90. The first-order valence-electron chi connectivity index (χ1n) is 15.2. The summed E-state index contributed by atoms with van der Waals surface area (Å²) in [5.74, 6) is -2.84. The fraction of sp³-hybridized carbons (Fsp3) is 0.594. The number of esters is 1. The molecule has 0 spiro atoms. The van der Waals surface area contributed by atoms with E-state index in [1.54, 1.807) is 12.3 Å². The van der Waals surface area contributed by atoms with E-state index in [9.17, 15) is 19.2 Å². The third-order valence-electron chi connectivity index (χ3n) is 7.18. The number of aliphatic carboxylic acids is 1. The van der Waals surface area contributed by atoms with Gasteiger partial charge in [-0.2, -0.15) is 0 Å². The Morgan fingerprint density at radius 1 is 0.878 bits per heavy atom. The van der Waals surface area contributed by atoms with Crippen LogP contribution in [-0.4, -0.2) is 46.0 Å². The molecule has 0 aliphatic carbocycles. The number of benzene rings is 1. The lowest BCUT2D eigenvalue weighted by Gasteiger charge is -2.22. The minimum Gasteiger partial charge on any atom is -0.481 e. The van der Waals surface area contributed by atoms with Gasteiger partial charge in [-0.25, -0.2) is 4.79 Å². The van der Waals surface area contributed by atoms with Crippen molar-refractivity contribution in [3.8, 4) is 0 Å². The summed E-state index contributed by atoms with van der Waals surface area (Å²) in [5.41, 5.74) is 5.55. The number of hydrogen-bond donors (Lipinski definition) is 3. The van der Waals surface area contributed by atoms with Gasteiger partial charge in [0.1, 0.15) is 17.8 Å². The highest BCUT2D eigenvalue weighted by Crippen LogP contribution is 2.17. The number of primary amides is 1. The van der Waals surface area contributed by atoms with Crippen LogP contribution >= 0.6 is 0 Å². The maximum absolute atomic E-state index is 13.1. The molecule has 1 heterocycles. The Morgan fingerprint density at radius 2 is 1.49 bits per heavy atom. The highest BCUT2D eigenvalue weighted by Gasteiger charge is 2.27. The van der Waals surface area contributed by atoms with Gasteiger partial charge in [-0.1, -0.05) is 95.4 Å². The third kappa shape index (κ3) is 14.1. The first-order valence-corrected chi connectivity index (χ1v) is 15.2. The summed E-state index contributed by atoms with van der Waals surface area (Å²) in [4.78, 5) is 53.0. The maximum Gasteiger partial charge on any atom is 0.328 e. The van der Waals surface area contributed by atoms with Gasteiger partial charge in [0.2, 0.25) is 5.91 Å². The summed E-state index contributed by atoms with van der Waals surface area (Å²) in [6.45, 7) is 2.22. The predicted octanol–water partition coefficient (Wildman–Crippen LogP) is 6.08. The average molecular weight is 570 g/mol. The van der Waals surface area contributed by atoms with E-state index in [1.807, 2.05) is 24.3 Å². The smallest absolute Gasteiger partial charge is 0.328 e. The minimum atomic E-state index is -1.08. The van der Waals surface area contributed by atoms with Gasteiger partial charge < -0.3 is 20.9 Å². The maximum atomic E-state index is 13.1. The van der Waals surface area contributed by atoms with Crippen LogP contribution < -0.4 is 11.1 Å². The predicted molar refractivity (Wildman–Crippen MR) is 159 cm³/mol. The molecule has 2 amide bonds. The number of unbranched alkanes of at least 4 members (excludes halogenated alkanes) is 10. The number of rotatable bonds is 22. The van der Waals surface area contributed by atoms with Crippen LogP contribution in [-0.2, 0) is 19.1 Å². The number of nitrogens with two attached hydrogens (primary N) is 1. The molecule has 2 rings (SSSR count). The molecule has 0 aliphatic heterocycles. The SMILES string of the molecule is CCCCCCCCCCCCC[C@@H](CC(N)=O)OC(=O)[C@H](CCCC(=O)O)NC(=O)c1cc2ccccc2cn1. The zero-order valence-corrected chi connectivity index (χ0v) is 24.4. The lowest BCUT2D eigenvalue weighted by molar-refractivity contribution is -0.153. The van der Waals surface area contributed by atoms with E-state index in [0.717, 1.165) is 36.5 Å². The van der Waals surface area contributed by atoms with Gasteiger partial charge in [0.15, 0.2) is 0 Å².